The number of esters is 1. The second-order valence-electron chi connectivity index (χ2n) is 7.31. The van der Waals surface area contributed by atoms with Gasteiger partial charge in [-0.05, 0) is 6.42 Å². The number of carbonyl (C=O) groups is 2. The van der Waals surface area contributed by atoms with E-state index in [-0.39, 0.29) is 12.0 Å². The average Bonchev–Trinajstić information content (AvgIpc) is 2.61. The highest BCUT2D eigenvalue weighted by molar-refractivity contribution is 5.95. The predicted molar refractivity (Wildman–Crippen MR) is 109 cm³/mol. The van der Waals surface area contributed by atoms with Crippen LogP contribution in [0.1, 0.15) is 110 Å². The number of hydrogen-bond acceptors (Lipinski definition) is 3. The van der Waals surface area contributed by atoms with Gasteiger partial charge in [-0.15, -0.1) is 0 Å². The Morgan fingerprint density at radius 1 is 0.731 bits per heavy atom. The van der Waals surface area contributed by atoms with Gasteiger partial charge < -0.3 is 10.5 Å². The molecule has 0 rings (SSSR count). The van der Waals surface area contributed by atoms with E-state index in [2.05, 4.69) is 13.5 Å². The van der Waals surface area contributed by atoms with E-state index in [9.17, 15) is 9.59 Å². The Kier molecular flexibility index (Phi) is 17.5. The zero-order valence-corrected chi connectivity index (χ0v) is 17.0. The fraction of sp³-hybridized carbons (Fsp3) is 0.818. The monoisotopic (exact) mass is 367 g/mol. The van der Waals surface area contributed by atoms with Crippen molar-refractivity contribution >= 4 is 11.9 Å². The Bertz CT molecular complexity index is 380. The van der Waals surface area contributed by atoms with Crippen molar-refractivity contribution in [3.8, 4) is 0 Å². The van der Waals surface area contributed by atoms with Crippen molar-refractivity contribution in [1.29, 1.82) is 0 Å². The van der Waals surface area contributed by atoms with Crippen LogP contribution in [0.25, 0.3) is 0 Å². The van der Waals surface area contributed by atoms with E-state index >= 15 is 0 Å². The van der Waals surface area contributed by atoms with E-state index in [1.165, 1.54) is 83.5 Å². The Hall–Kier alpha value is -1.32. The van der Waals surface area contributed by atoms with Crippen molar-refractivity contribution in [1.82, 2.24) is 0 Å². The van der Waals surface area contributed by atoms with Crippen LogP contribution in [0.3, 0.4) is 0 Å². The normalized spacial score (nSPS) is 10.7. The molecule has 0 aromatic heterocycles. The Balaban J connectivity index is 3.19. The lowest BCUT2D eigenvalue weighted by Gasteiger charge is -2.05. The number of unbranched alkanes of at least 4 members (excludes halogenated alkanes) is 14. The molecule has 0 spiro atoms. The van der Waals surface area contributed by atoms with Gasteiger partial charge in [-0.1, -0.05) is 103 Å². The first kappa shape index (κ1) is 24.7. The zero-order valence-electron chi connectivity index (χ0n) is 17.0. The summed E-state index contributed by atoms with van der Waals surface area (Å²) >= 11 is 0. The molecule has 152 valence electrons. The van der Waals surface area contributed by atoms with Gasteiger partial charge in [0.15, 0.2) is 0 Å². The predicted octanol–water partition coefficient (Wildman–Crippen LogP) is 5.83. The number of primary amides is 1. The summed E-state index contributed by atoms with van der Waals surface area (Å²) in [4.78, 5) is 22.2. The van der Waals surface area contributed by atoms with Crippen molar-refractivity contribution in [2.24, 2.45) is 5.73 Å². The molecule has 0 aromatic carbocycles. The van der Waals surface area contributed by atoms with Gasteiger partial charge in [0.2, 0.25) is 5.91 Å². The number of carbonyl (C=O) groups excluding carboxylic acids is 2. The van der Waals surface area contributed by atoms with E-state index in [1.54, 1.807) is 0 Å². The highest BCUT2D eigenvalue weighted by Gasteiger charge is 2.09. The third-order valence-electron chi connectivity index (χ3n) is 4.72. The summed E-state index contributed by atoms with van der Waals surface area (Å²) in [5.41, 5.74) is 5.13. The lowest BCUT2D eigenvalue weighted by Crippen LogP contribution is -2.17. The zero-order chi connectivity index (χ0) is 19.5. The van der Waals surface area contributed by atoms with Gasteiger partial charge >= 0.3 is 5.97 Å². The van der Waals surface area contributed by atoms with Crippen LogP contribution in [0.2, 0.25) is 0 Å². The molecule has 0 aliphatic carbocycles. The first-order chi connectivity index (χ1) is 12.6. The largest absolute Gasteiger partial charge is 0.465 e. The van der Waals surface area contributed by atoms with Gasteiger partial charge in [0, 0.05) is 5.57 Å². The van der Waals surface area contributed by atoms with Crippen molar-refractivity contribution in [2.75, 3.05) is 6.61 Å². The number of rotatable bonds is 19. The Morgan fingerprint density at radius 3 is 1.50 bits per heavy atom. The maximum Gasteiger partial charge on any atom is 0.310 e. The minimum Gasteiger partial charge on any atom is -0.465 e. The fourth-order valence-corrected chi connectivity index (χ4v) is 2.97. The summed E-state index contributed by atoms with van der Waals surface area (Å²) in [5.74, 6) is -1.06. The molecule has 4 heteroatoms. The molecule has 1 amide bonds. The Labute approximate surface area is 160 Å². The van der Waals surface area contributed by atoms with E-state index in [0.29, 0.717) is 6.61 Å². The minimum atomic E-state index is -0.645. The standard InChI is InChI=1S/C22H41NO3/c1-3-4-5-6-7-8-9-10-11-12-13-14-15-16-17-18-26-21(24)19-20(2)22(23)25/h2-19H2,1H3,(H2,23,25). The maximum absolute atomic E-state index is 11.4. The van der Waals surface area contributed by atoms with Crippen LogP contribution in [-0.4, -0.2) is 18.5 Å². The van der Waals surface area contributed by atoms with Crippen LogP contribution in [0.5, 0.6) is 0 Å². The van der Waals surface area contributed by atoms with Crippen LogP contribution in [0.15, 0.2) is 12.2 Å². The quantitative estimate of drug-likeness (QED) is 0.177. The molecule has 2 N–H and O–H groups in total. The first-order valence-corrected chi connectivity index (χ1v) is 10.7. The molecule has 0 aliphatic rings. The van der Waals surface area contributed by atoms with E-state index in [1.807, 2.05) is 0 Å². The molecular formula is C22H41NO3. The summed E-state index contributed by atoms with van der Waals surface area (Å²) in [7, 11) is 0. The number of amides is 1. The molecule has 0 aromatic rings. The van der Waals surface area contributed by atoms with Crippen molar-refractivity contribution in [3.63, 3.8) is 0 Å². The molecule has 0 bridgehead atoms. The van der Waals surface area contributed by atoms with Crippen LogP contribution in [0.4, 0.5) is 0 Å². The molecule has 0 radical (unpaired) electrons. The smallest absolute Gasteiger partial charge is 0.310 e. The first-order valence-electron chi connectivity index (χ1n) is 10.7. The molecule has 0 unspecified atom stereocenters. The third kappa shape index (κ3) is 17.5. The summed E-state index contributed by atoms with van der Waals surface area (Å²) in [5, 5.41) is 0. The summed E-state index contributed by atoms with van der Waals surface area (Å²) in [6, 6.07) is 0. The van der Waals surface area contributed by atoms with Gasteiger partial charge in [-0.25, -0.2) is 0 Å². The molecule has 0 atom stereocenters. The second kappa shape index (κ2) is 18.5. The SMILES string of the molecule is C=C(CC(=O)OCCCCCCCCCCCCCCCCC)C(N)=O. The highest BCUT2D eigenvalue weighted by atomic mass is 16.5. The van der Waals surface area contributed by atoms with Gasteiger partial charge in [-0.3, -0.25) is 9.59 Å². The number of ether oxygens (including phenoxy) is 1. The molecule has 0 aliphatic heterocycles. The topological polar surface area (TPSA) is 69.4 Å². The number of hydrogen-bond donors (Lipinski definition) is 1. The summed E-state index contributed by atoms with van der Waals surface area (Å²) < 4.78 is 5.07. The molecule has 4 nitrogen and oxygen atoms in total. The third-order valence-corrected chi connectivity index (χ3v) is 4.72. The summed E-state index contributed by atoms with van der Waals surface area (Å²) in [6.45, 7) is 6.13. The van der Waals surface area contributed by atoms with Crippen molar-refractivity contribution < 1.29 is 14.3 Å². The molecule has 0 saturated carbocycles. The van der Waals surface area contributed by atoms with Gasteiger partial charge in [0.25, 0.3) is 0 Å². The van der Waals surface area contributed by atoms with Crippen molar-refractivity contribution in [2.45, 2.75) is 110 Å². The van der Waals surface area contributed by atoms with Crippen LogP contribution >= 0.6 is 0 Å². The van der Waals surface area contributed by atoms with Crippen molar-refractivity contribution in [3.05, 3.63) is 12.2 Å². The lowest BCUT2D eigenvalue weighted by atomic mass is 10.0. The van der Waals surface area contributed by atoms with E-state index in [0.717, 1.165) is 12.8 Å². The van der Waals surface area contributed by atoms with Gasteiger partial charge in [0.1, 0.15) is 0 Å². The summed E-state index contributed by atoms with van der Waals surface area (Å²) in [6.07, 6.45) is 19.5. The van der Waals surface area contributed by atoms with Crippen LogP contribution < -0.4 is 5.73 Å². The fourth-order valence-electron chi connectivity index (χ4n) is 2.97. The van der Waals surface area contributed by atoms with Gasteiger partial charge in [0.05, 0.1) is 13.0 Å². The highest BCUT2D eigenvalue weighted by Crippen LogP contribution is 2.13. The average molecular weight is 368 g/mol. The molecule has 26 heavy (non-hydrogen) atoms. The second-order valence-corrected chi connectivity index (χ2v) is 7.31. The van der Waals surface area contributed by atoms with E-state index < -0.39 is 11.9 Å². The minimum absolute atomic E-state index is 0.103. The molecule has 0 fully saturated rings. The van der Waals surface area contributed by atoms with Crippen LogP contribution in [-0.2, 0) is 14.3 Å². The molecule has 0 saturated heterocycles. The van der Waals surface area contributed by atoms with E-state index in [4.69, 9.17) is 10.5 Å². The lowest BCUT2D eigenvalue weighted by molar-refractivity contribution is -0.143. The Morgan fingerprint density at radius 2 is 1.12 bits per heavy atom. The molecule has 0 heterocycles. The van der Waals surface area contributed by atoms with Gasteiger partial charge in [-0.2, -0.15) is 0 Å². The maximum atomic E-state index is 11.4. The molecular weight excluding hydrogens is 326 g/mol. The number of nitrogens with two attached hydrogens (primary N) is 1. The van der Waals surface area contributed by atoms with Crippen LogP contribution in [0, 0.1) is 0 Å².